The molecule has 0 bridgehead atoms. The second kappa shape index (κ2) is 8.03. The van der Waals surface area contributed by atoms with Gasteiger partial charge in [-0.1, -0.05) is 54.5 Å². The third kappa shape index (κ3) is 4.02. The van der Waals surface area contributed by atoms with Crippen LogP contribution >= 0.6 is 0 Å². The van der Waals surface area contributed by atoms with E-state index in [9.17, 15) is 4.79 Å². The van der Waals surface area contributed by atoms with Gasteiger partial charge >= 0.3 is 5.97 Å². The molecule has 2 atom stereocenters. The highest BCUT2D eigenvalue weighted by atomic mass is 16.4. The van der Waals surface area contributed by atoms with E-state index in [4.69, 9.17) is 10.6 Å². The lowest BCUT2D eigenvalue weighted by Gasteiger charge is -2.23. The lowest BCUT2D eigenvalue weighted by Crippen LogP contribution is -2.34. The Morgan fingerprint density at radius 2 is 1.96 bits per heavy atom. The quantitative estimate of drug-likeness (QED) is 0.668. The predicted octanol–water partition coefficient (Wildman–Crippen LogP) is 4.40. The number of hydrogen-bond acceptors (Lipinski definition) is 3. The summed E-state index contributed by atoms with van der Waals surface area (Å²) in [6.45, 7) is 3.29. The summed E-state index contributed by atoms with van der Waals surface area (Å²) < 4.78 is 33.1. The second-order valence-corrected chi connectivity index (χ2v) is 7.29. The van der Waals surface area contributed by atoms with Crippen LogP contribution in [0.2, 0.25) is 0 Å². The van der Waals surface area contributed by atoms with Crippen molar-refractivity contribution < 1.29 is 15.4 Å². The van der Waals surface area contributed by atoms with E-state index in [1.807, 2.05) is 17.0 Å². The first-order valence-corrected chi connectivity index (χ1v) is 9.57. The fourth-order valence-corrected chi connectivity index (χ4v) is 3.90. The van der Waals surface area contributed by atoms with Gasteiger partial charge in [-0.15, -0.1) is 0 Å². The number of fused-ring (bicyclic) bond motifs is 1. The molecule has 3 aromatic carbocycles. The van der Waals surface area contributed by atoms with Crippen LogP contribution in [-0.2, 0) is 11.2 Å². The average molecular weight is 379 g/mol. The average Bonchev–Trinajstić information content (AvgIpc) is 3.22. The molecule has 4 heteroatoms. The van der Waals surface area contributed by atoms with Crippen LogP contribution in [0.5, 0.6) is 0 Å². The van der Waals surface area contributed by atoms with Crippen molar-refractivity contribution in [1.29, 1.82) is 0 Å². The fourth-order valence-electron chi connectivity index (χ4n) is 3.90. The van der Waals surface area contributed by atoms with Gasteiger partial charge < -0.3 is 15.3 Å². The Kier molecular flexibility index (Phi) is 4.07. The van der Waals surface area contributed by atoms with Gasteiger partial charge in [-0.2, -0.15) is 0 Å². The van der Waals surface area contributed by atoms with Gasteiger partial charge in [0.1, 0.15) is 0 Å². The van der Waals surface area contributed by atoms with Crippen LogP contribution in [0.4, 0.5) is 5.69 Å². The number of benzene rings is 3. The van der Waals surface area contributed by atoms with E-state index < -0.39 is 12.4 Å². The maximum atomic E-state index is 11.1. The van der Waals surface area contributed by atoms with Gasteiger partial charge in [0.05, 0.1) is 11.9 Å². The van der Waals surface area contributed by atoms with E-state index in [1.165, 1.54) is 16.3 Å². The number of rotatable bonds is 6. The molecule has 3 aromatic rings. The predicted molar refractivity (Wildman–Crippen MR) is 114 cm³/mol. The number of aliphatic carboxylic acids is 1. The molecule has 0 spiro atoms. The number of nitrogens with zero attached hydrogens (tertiary/aromatic N) is 1. The van der Waals surface area contributed by atoms with Crippen molar-refractivity contribution in [3.63, 3.8) is 0 Å². The van der Waals surface area contributed by atoms with Crippen molar-refractivity contribution in [3.05, 3.63) is 77.8 Å². The van der Waals surface area contributed by atoms with Gasteiger partial charge in [-0.05, 0) is 47.3 Å². The summed E-state index contributed by atoms with van der Waals surface area (Å²) in [6, 6.07) is 13.9. The number of nitrogens with one attached hydrogen (secondary N) is 1. The minimum absolute atomic E-state index is 0.0744. The van der Waals surface area contributed by atoms with Crippen molar-refractivity contribution in [2.75, 3.05) is 18.0 Å². The van der Waals surface area contributed by atoms with Gasteiger partial charge in [-0.25, -0.2) is 0 Å². The smallest absolute Gasteiger partial charge is 0.307 e. The molecule has 1 aliphatic rings. The minimum Gasteiger partial charge on any atom is -0.481 e. The highest BCUT2D eigenvalue weighted by molar-refractivity contribution is 5.86. The van der Waals surface area contributed by atoms with Gasteiger partial charge in [0.15, 0.2) is 0 Å². The van der Waals surface area contributed by atoms with Crippen LogP contribution in [0.1, 0.15) is 36.0 Å². The Hall–Kier alpha value is -2.85. The van der Waals surface area contributed by atoms with Crippen molar-refractivity contribution in [3.8, 4) is 0 Å². The summed E-state index contributed by atoms with van der Waals surface area (Å²) in [5.41, 5.74) is 1.38. The van der Waals surface area contributed by atoms with Gasteiger partial charge in [0.25, 0.3) is 0 Å². The van der Waals surface area contributed by atoms with Crippen LogP contribution in [0.15, 0.2) is 66.6 Å². The molecule has 1 aliphatic heterocycles. The summed E-state index contributed by atoms with van der Waals surface area (Å²) in [5.74, 6) is -1.17. The van der Waals surface area contributed by atoms with E-state index in [0.29, 0.717) is 13.1 Å². The molecule has 0 aliphatic carbocycles. The van der Waals surface area contributed by atoms with Crippen molar-refractivity contribution >= 4 is 22.4 Å². The minimum atomic E-state index is -1.17. The number of hydrogen-bond donors (Lipinski definition) is 2. The molecule has 0 radical (unpaired) electrons. The topological polar surface area (TPSA) is 52.6 Å². The van der Waals surface area contributed by atoms with Crippen molar-refractivity contribution in [2.24, 2.45) is 0 Å². The lowest BCUT2D eigenvalue weighted by molar-refractivity contribution is -0.136. The molecule has 1 heterocycles. The normalized spacial score (nSPS) is 19.8. The molecular weight excluding hydrogens is 348 g/mol. The zero-order valence-electron chi connectivity index (χ0n) is 19.8. The monoisotopic (exact) mass is 378 g/mol. The van der Waals surface area contributed by atoms with Crippen LogP contribution in [0, 0.1) is 0 Å². The molecule has 0 aromatic heterocycles. The molecule has 2 N–H and O–H groups in total. The summed E-state index contributed by atoms with van der Waals surface area (Å²) in [4.78, 5) is 12.9. The molecule has 0 unspecified atom stereocenters. The van der Waals surface area contributed by atoms with Crippen LogP contribution in [0.25, 0.3) is 10.8 Å². The van der Waals surface area contributed by atoms with Crippen LogP contribution < -0.4 is 10.2 Å². The van der Waals surface area contributed by atoms with Crippen LogP contribution in [-0.4, -0.2) is 30.2 Å². The van der Waals surface area contributed by atoms with E-state index in [1.54, 1.807) is 0 Å². The molecule has 1 saturated heterocycles. The van der Waals surface area contributed by atoms with Gasteiger partial charge in [0.2, 0.25) is 0 Å². The Labute approximate surface area is 171 Å². The summed E-state index contributed by atoms with van der Waals surface area (Å²) in [5, 5.41) is 15.1. The number of carboxylic acids is 1. The van der Waals surface area contributed by atoms with E-state index in [2.05, 4.69) is 42.6 Å². The fraction of sp³-hybridized carbons (Fsp3) is 0.292. The Morgan fingerprint density at radius 1 is 1.21 bits per heavy atom. The van der Waals surface area contributed by atoms with Crippen LogP contribution in [0.3, 0.4) is 0 Å². The first-order valence-electron chi connectivity index (χ1n) is 11.6. The zero-order valence-corrected chi connectivity index (χ0v) is 15.8. The SMILES string of the molecule is [2H]c1c([2H])c(N2CC[C@H](N[C@H](C)c3cccc4ccccc34)C2)c([2H])c([2H])c1CC(=O)O. The molecular formula is C24H26N2O2. The largest absolute Gasteiger partial charge is 0.481 e. The Bertz CT molecular complexity index is 1150. The standard InChI is InChI=1S/C24H26N2O2/c1-17(22-8-4-6-19-5-2-3-7-23(19)22)25-20-13-14-26(16-20)21-11-9-18(10-12-21)15-24(27)28/h2-12,17,20,25H,13-16H2,1H3,(H,27,28)/t17-,20+/m1/s1/i9D,10D,11D,12D. The third-order valence-corrected chi connectivity index (χ3v) is 5.27. The summed E-state index contributed by atoms with van der Waals surface area (Å²) in [7, 11) is 0. The highest BCUT2D eigenvalue weighted by Gasteiger charge is 2.24. The molecule has 4 rings (SSSR count). The third-order valence-electron chi connectivity index (χ3n) is 5.27. The van der Waals surface area contributed by atoms with E-state index >= 15 is 0 Å². The van der Waals surface area contributed by atoms with Gasteiger partial charge in [-0.3, -0.25) is 4.79 Å². The molecule has 28 heavy (non-hydrogen) atoms. The zero-order chi connectivity index (χ0) is 23.0. The van der Waals surface area contributed by atoms with Crippen molar-refractivity contribution in [1.82, 2.24) is 5.32 Å². The van der Waals surface area contributed by atoms with Crippen molar-refractivity contribution in [2.45, 2.75) is 31.8 Å². The maximum Gasteiger partial charge on any atom is 0.307 e. The first-order chi connectivity index (χ1) is 15.3. The van der Waals surface area contributed by atoms with Gasteiger partial charge in [0, 0.05) is 30.9 Å². The molecule has 4 nitrogen and oxygen atoms in total. The summed E-state index contributed by atoms with van der Waals surface area (Å²) in [6.07, 6.45) is 0.286. The number of carboxylic acid groups (broad SMARTS) is 1. The Morgan fingerprint density at radius 3 is 2.75 bits per heavy atom. The van der Waals surface area contributed by atoms with E-state index in [0.717, 1.165) is 6.42 Å². The first kappa shape index (κ1) is 14.2. The molecule has 1 fully saturated rings. The molecule has 0 amide bonds. The number of carbonyl (C=O) groups is 1. The molecule has 144 valence electrons. The highest BCUT2D eigenvalue weighted by Crippen LogP contribution is 2.26. The van der Waals surface area contributed by atoms with E-state index in [-0.39, 0.29) is 47.5 Å². The number of anilines is 1. The lowest BCUT2D eigenvalue weighted by atomic mass is 9.99. The summed E-state index contributed by atoms with van der Waals surface area (Å²) >= 11 is 0. The second-order valence-electron chi connectivity index (χ2n) is 7.29. The maximum absolute atomic E-state index is 11.1. The Balaban J connectivity index is 1.54. The molecule has 0 saturated carbocycles.